The number of carbonyl (C=O) groups excluding carboxylic acids is 2. The quantitative estimate of drug-likeness (QED) is 0.728. The van der Waals surface area contributed by atoms with E-state index >= 15 is 0 Å². The zero-order chi connectivity index (χ0) is 12.1. The predicted molar refractivity (Wildman–Crippen MR) is 60.0 cm³/mol. The number of carbonyl (C=O) groups is 2. The van der Waals surface area contributed by atoms with Crippen LogP contribution in [-0.4, -0.2) is 42.9 Å². The standard InChI is InChI=1S/C11H15N3O3/c15-10-7-14(4-3-12-10)8-11(16)13-6-9-2-1-5-17-9/h1-2,5H,3-4,6-8H2,(H,12,15)(H,13,16). The highest BCUT2D eigenvalue weighted by Crippen LogP contribution is 1.99. The van der Waals surface area contributed by atoms with Crippen LogP contribution >= 0.6 is 0 Å². The molecule has 0 saturated carbocycles. The Bertz CT molecular complexity index is 389. The molecule has 0 aromatic carbocycles. The van der Waals surface area contributed by atoms with Crippen molar-refractivity contribution in [3.63, 3.8) is 0 Å². The van der Waals surface area contributed by atoms with Crippen LogP contribution in [0.2, 0.25) is 0 Å². The number of hydrogen-bond donors (Lipinski definition) is 2. The van der Waals surface area contributed by atoms with Gasteiger partial charge in [0.1, 0.15) is 5.76 Å². The largest absolute Gasteiger partial charge is 0.467 e. The Balaban J connectivity index is 1.71. The lowest BCUT2D eigenvalue weighted by Crippen LogP contribution is -2.50. The Hall–Kier alpha value is -1.82. The molecule has 1 aliphatic heterocycles. The number of nitrogens with one attached hydrogen (secondary N) is 2. The van der Waals surface area contributed by atoms with Gasteiger partial charge < -0.3 is 15.1 Å². The van der Waals surface area contributed by atoms with Gasteiger partial charge in [0.2, 0.25) is 11.8 Å². The van der Waals surface area contributed by atoms with Crippen LogP contribution in [0.4, 0.5) is 0 Å². The second-order valence-corrected chi connectivity index (χ2v) is 3.92. The van der Waals surface area contributed by atoms with Gasteiger partial charge in [0.25, 0.3) is 0 Å². The van der Waals surface area contributed by atoms with Crippen LogP contribution in [0.3, 0.4) is 0 Å². The zero-order valence-electron chi connectivity index (χ0n) is 9.44. The second kappa shape index (κ2) is 5.49. The van der Waals surface area contributed by atoms with Crippen molar-refractivity contribution in [1.29, 1.82) is 0 Å². The molecule has 0 aliphatic carbocycles. The van der Waals surface area contributed by atoms with Crippen molar-refractivity contribution in [2.24, 2.45) is 0 Å². The van der Waals surface area contributed by atoms with Crippen molar-refractivity contribution >= 4 is 11.8 Å². The molecule has 1 fully saturated rings. The van der Waals surface area contributed by atoms with Crippen molar-refractivity contribution in [3.05, 3.63) is 24.2 Å². The van der Waals surface area contributed by atoms with E-state index in [4.69, 9.17) is 4.42 Å². The van der Waals surface area contributed by atoms with Gasteiger partial charge in [0.15, 0.2) is 0 Å². The van der Waals surface area contributed by atoms with Gasteiger partial charge in [0.05, 0.1) is 25.9 Å². The third-order valence-electron chi connectivity index (χ3n) is 2.52. The number of rotatable bonds is 4. The van der Waals surface area contributed by atoms with Crippen molar-refractivity contribution < 1.29 is 14.0 Å². The Morgan fingerprint density at radius 1 is 1.59 bits per heavy atom. The van der Waals surface area contributed by atoms with Gasteiger partial charge >= 0.3 is 0 Å². The SMILES string of the molecule is O=C1CN(CC(=O)NCc2ccco2)CCN1. The third kappa shape index (κ3) is 3.60. The van der Waals surface area contributed by atoms with E-state index in [9.17, 15) is 9.59 Å². The highest BCUT2D eigenvalue weighted by atomic mass is 16.3. The molecule has 2 N–H and O–H groups in total. The first kappa shape index (κ1) is 11.7. The summed E-state index contributed by atoms with van der Waals surface area (Å²) in [5.41, 5.74) is 0. The second-order valence-electron chi connectivity index (χ2n) is 3.92. The summed E-state index contributed by atoms with van der Waals surface area (Å²) in [4.78, 5) is 24.5. The molecule has 0 unspecified atom stereocenters. The molecule has 0 bridgehead atoms. The first-order valence-corrected chi connectivity index (χ1v) is 5.52. The van der Waals surface area contributed by atoms with E-state index in [1.165, 1.54) is 0 Å². The van der Waals surface area contributed by atoms with Gasteiger partial charge in [-0.05, 0) is 12.1 Å². The molecule has 1 saturated heterocycles. The molecule has 2 heterocycles. The molecule has 0 spiro atoms. The minimum absolute atomic E-state index is 0.0323. The summed E-state index contributed by atoms with van der Waals surface area (Å²) in [6, 6.07) is 3.57. The van der Waals surface area contributed by atoms with Crippen LogP contribution in [0.1, 0.15) is 5.76 Å². The van der Waals surface area contributed by atoms with Crippen LogP contribution < -0.4 is 10.6 Å². The molecule has 6 nitrogen and oxygen atoms in total. The molecule has 17 heavy (non-hydrogen) atoms. The normalized spacial score (nSPS) is 16.6. The van der Waals surface area contributed by atoms with Crippen LogP contribution in [0.25, 0.3) is 0 Å². The molecule has 1 aromatic heterocycles. The summed E-state index contributed by atoms with van der Waals surface area (Å²) in [6.07, 6.45) is 1.57. The van der Waals surface area contributed by atoms with Crippen LogP contribution in [0.15, 0.2) is 22.8 Å². The lowest BCUT2D eigenvalue weighted by molar-refractivity contribution is -0.127. The molecule has 0 radical (unpaired) electrons. The lowest BCUT2D eigenvalue weighted by Gasteiger charge is -2.25. The maximum atomic E-state index is 11.6. The van der Waals surface area contributed by atoms with Crippen LogP contribution in [0, 0.1) is 0 Å². The topological polar surface area (TPSA) is 74.6 Å². The van der Waals surface area contributed by atoms with Gasteiger partial charge in [-0.15, -0.1) is 0 Å². The number of piperazine rings is 1. The zero-order valence-corrected chi connectivity index (χ0v) is 9.44. The average Bonchev–Trinajstić information content (AvgIpc) is 2.79. The summed E-state index contributed by atoms with van der Waals surface area (Å²) in [5.74, 6) is 0.584. The van der Waals surface area contributed by atoms with E-state index in [2.05, 4.69) is 10.6 Å². The van der Waals surface area contributed by atoms with E-state index in [1.54, 1.807) is 18.4 Å². The number of hydrogen-bond acceptors (Lipinski definition) is 4. The molecule has 92 valence electrons. The van der Waals surface area contributed by atoms with E-state index in [1.807, 2.05) is 4.90 Å². The number of furan rings is 1. The minimum Gasteiger partial charge on any atom is -0.467 e. The van der Waals surface area contributed by atoms with E-state index in [-0.39, 0.29) is 24.9 Å². The number of amides is 2. The number of nitrogens with zero attached hydrogens (tertiary/aromatic N) is 1. The molecule has 0 atom stereocenters. The smallest absolute Gasteiger partial charge is 0.234 e. The van der Waals surface area contributed by atoms with E-state index in [0.29, 0.717) is 19.6 Å². The first-order valence-electron chi connectivity index (χ1n) is 5.52. The average molecular weight is 237 g/mol. The van der Waals surface area contributed by atoms with Gasteiger partial charge in [-0.25, -0.2) is 0 Å². The Labute approximate surface area is 99.0 Å². The molecular formula is C11H15N3O3. The molecule has 2 amide bonds. The summed E-state index contributed by atoms with van der Waals surface area (Å²) in [7, 11) is 0. The van der Waals surface area contributed by atoms with Gasteiger partial charge in [-0.1, -0.05) is 0 Å². The molecule has 6 heteroatoms. The van der Waals surface area contributed by atoms with Crippen molar-refractivity contribution in [2.75, 3.05) is 26.2 Å². The Morgan fingerprint density at radius 3 is 3.18 bits per heavy atom. The fourth-order valence-electron chi connectivity index (χ4n) is 1.68. The summed E-state index contributed by atoms with van der Waals surface area (Å²) in [6.45, 7) is 2.22. The highest BCUT2D eigenvalue weighted by Gasteiger charge is 2.18. The summed E-state index contributed by atoms with van der Waals surface area (Å²) < 4.78 is 5.10. The first-order chi connectivity index (χ1) is 8.24. The summed E-state index contributed by atoms with van der Waals surface area (Å²) >= 11 is 0. The molecule has 2 rings (SSSR count). The lowest BCUT2D eigenvalue weighted by atomic mass is 10.3. The van der Waals surface area contributed by atoms with E-state index in [0.717, 1.165) is 5.76 Å². The van der Waals surface area contributed by atoms with Crippen LogP contribution in [0.5, 0.6) is 0 Å². The highest BCUT2D eigenvalue weighted by molar-refractivity contribution is 5.81. The van der Waals surface area contributed by atoms with Crippen molar-refractivity contribution in [3.8, 4) is 0 Å². The van der Waals surface area contributed by atoms with Crippen molar-refractivity contribution in [2.45, 2.75) is 6.54 Å². The van der Waals surface area contributed by atoms with Gasteiger partial charge in [-0.3, -0.25) is 14.5 Å². The summed E-state index contributed by atoms with van der Waals surface area (Å²) in [5, 5.41) is 5.45. The Kier molecular flexibility index (Phi) is 3.77. The van der Waals surface area contributed by atoms with Gasteiger partial charge in [0, 0.05) is 13.1 Å². The van der Waals surface area contributed by atoms with E-state index < -0.39 is 0 Å². The fraction of sp³-hybridized carbons (Fsp3) is 0.455. The van der Waals surface area contributed by atoms with Gasteiger partial charge in [-0.2, -0.15) is 0 Å². The third-order valence-corrected chi connectivity index (χ3v) is 2.52. The minimum atomic E-state index is -0.101. The fourth-order valence-corrected chi connectivity index (χ4v) is 1.68. The monoisotopic (exact) mass is 237 g/mol. The maximum Gasteiger partial charge on any atom is 0.234 e. The van der Waals surface area contributed by atoms with Crippen LogP contribution in [-0.2, 0) is 16.1 Å². The molecular weight excluding hydrogens is 222 g/mol. The maximum absolute atomic E-state index is 11.6. The Morgan fingerprint density at radius 2 is 2.47 bits per heavy atom. The molecule has 1 aliphatic rings. The molecule has 1 aromatic rings. The van der Waals surface area contributed by atoms with Crippen molar-refractivity contribution in [1.82, 2.24) is 15.5 Å². The predicted octanol–water partition coefficient (Wildman–Crippen LogP) is -0.672.